The van der Waals surface area contributed by atoms with E-state index in [0.29, 0.717) is 19.7 Å². The number of carbonyl (C=O) groups is 1. The largest absolute Gasteiger partial charge is 0.491 e. The molecule has 2 amide bonds. The van der Waals surface area contributed by atoms with Gasteiger partial charge in [-0.15, -0.1) is 0 Å². The molecule has 3 aromatic carbocycles. The molecule has 0 unspecified atom stereocenters. The van der Waals surface area contributed by atoms with E-state index in [9.17, 15) is 9.18 Å². The van der Waals surface area contributed by atoms with Gasteiger partial charge in [0.2, 0.25) is 0 Å². The number of halogens is 1. The molecule has 0 fully saturated rings. The third-order valence-electron chi connectivity index (χ3n) is 3.76. The van der Waals surface area contributed by atoms with E-state index in [1.165, 1.54) is 12.1 Å². The lowest BCUT2D eigenvalue weighted by atomic mass is 10.1. The average molecular weight is 338 g/mol. The molecule has 0 radical (unpaired) electrons. The molecule has 0 aliphatic heterocycles. The van der Waals surface area contributed by atoms with Gasteiger partial charge in [-0.2, -0.15) is 0 Å². The van der Waals surface area contributed by atoms with Crippen molar-refractivity contribution in [3.05, 3.63) is 78.1 Å². The molecular weight excluding hydrogens is 319 g/mol. The van der Waals surface area contributed by atoms with Crippen LogP contribution in [0.5, 0.6) is 5.75 Å². The second-order valence-corrected chi connectivity index (χ2v) is 5.56. The van der Waals surface area contributed by atoms with E-state index in [0.717, 1.165) is 22.1 Å². The molecule has 0 atom stereocenters. The minimum atomic E-state index is -0.293. The van der Waals surface area contributed by atoms with Crippen molar-refractivity contribution in [1.82, 2.24) is 10.6 Å². The number of urea groups is 1. The normalized spacial score (nSPS) is 10.4. The van der Waals surface area contributed by atoms with Gasteiger partial charge in [0.05, 0.1) is 6.54 Å². The number of carbonyl (C=O) groups excluding carboxylic acids is 1. The summed E-state index contributed by atoms with van der Waals surface area (Å²) >= 11 is 0. The van der Waals surface area contributed by atoms with Crippen LogP contribution in [0.4, 0.5) is 9.18 Å². The maximum absolute atomic E-state index is 12.8. The lowest BCUT2D eigenvalue weighted by Crippen LogP contribution is -2.37. The van der Waals surface area contributed by atoms with Gasteiger partial charge in [-0.1, -0.05) is 48.5 Å². The lowest BCUT2D eigenvalue weighted by molar-refractivity contribution is 0.236. The molecule has 3 rings (SSSR count). The van der Waals surface area contributed by atoms with Crippen LogP contribution in [0.2, 0.25) is 0 Å². The Bertz CT molecular complexity index is 844. The molecule has 0 bridgehead atoms. The van der Waals surface area contributed by atoms with Crippen LogP contribution < -0.4 is 15.4 Å². The number of nitrogens with one attached hydrogen (secondary N) is 2. The van der Waals surface area contributed by atoms with Gasteiger partial charge in [0.25, 0.3) is 0 Å². The van der Waals surface area contributed by atoms with E-state index in [-0.39, 0.29) is 11.8 Å². The number of benzene rings is 3. The Morgan fingerprint density at radius 1 is 0.920 bits per heavy atom. The molecule has 5 heteroatoms. The fourth-order valence-corrected chi connectivity index (χ4v) is 2.49. The fourth-order valence-electron chi connectivity index (χ4n) is 2.49. The van der Waals surface area contributed by atoms with Crippen LogP contribution >= 0.6 is 0 Å². The summed E-state index contributed by atoms with van der Waals surface area (Å²) in [4.78, 5) is 11.8. The van der Waals surface area contributed by atoms with Gasteiger partial charge in [0, 0.05) is 11.9 Å². The highest BCUT2D eigenvalue weighted by molar-refractivity contribution is 5.88. The van der Waals surface area contributed by atoms with Crippen LogP contribution in [0.25, 0.3) is 10.8 Å². The van der Waals surface area contributed by atoms with Crippen molar-refractivity contribution in [3.63, 3.8) is 0 Å². The predicted molar refractivity (Wildman–Crippen MR) is 96.1 cm³/mol. The summed E-state index contributed by atoms with van der Waals surface area (Å²) in [6.07, 6.45) is 0. The predicted octanol–water partition coefficient (Wildman–Crippen LogP) is 3.86. The molecule has 4 nitrogen and oxygen atoms in total. The average Bonchev–Trinajstić information content (AvgIpc) is 2.65. The summed E-state index contributed by atoms with van der Waals surface area (Å²) in [5, 5.41) is 7.61. The number of fused-ring (bicyclic) bond motifs is 1. The highest BCUT2D eigenvalue weighted by Crippen LogP contribution is 2.24. The van der Waals surface area contributed by atoms with Crippen LogP contribution in [-0.4, -0.2) is 19.2 Å². The molecule has 0 saturated heterocycles. The number of rotatable bonds is 6. The molecule has 25 heavy (non-hydrogen) atoms. The fraction of sp³-hybridized carbons (Fsp3) is 0.150. The summed E-state index contributed by atoms with van der Waals surface area (Å²) < 4.78 is 18.6. The van der Waals surface area contributed by atoms with Crippen molar-refractivity contribution in [2.75, 3.05) is 13.2 Å². The Morgan fingerprint density at radius 3 is 2.52 bits per heavy atom. The monoisotopic (exact) mass is 338 g/mol. The first-order valence-electron chi connectivity index (χ1n) is 8.09. The van der Waals surface area contributed by atoms with E-state index >= 15 is 0 Å². The van der Waals surface area contributed by atoms with E-state index in [4.69, 9.17) is 4.74 Å². The first kappa shape index (κ1) is 16.8. The minimum absolute atomic E-state index is 0.286. The Balaban J connectivity index is 1.42. The Kier molecular flexibility index (Phi) is 5.46. The zero-order chi connectivity index (χ0) is 17.5. The summed E-state index contributed by atoms with van der Waals surface area (Å²) in [6.45, 7) is 1.10. The van der Waals surface area contributed by atoms with Crippen molar-refractivity contribution in [3.8, 4) is 5.75 Å². The van der Waals surface area contributed by atoms with Crippen LogP contribution in [0, 0.1) is 5.82 Å². The second kappa shape index (κ2) is 8.15. The van der Waals surface area contributed by atoms with Crippen molar-refractivity contribution >= 4 is 16.8 Å². The quantitative estimate of drug-likeness (QED) is 0.671. The van der Waals surface area contributed by atoms with Crippen LogP contribution in [0.15, 0.2) is 66.7 Å². The molecular formula is C20H19FN2O2. The lowest BCUT2D eigenvalue weighted by Gasteiger charge is -2.11. The first-order valence-corrected chi connectivity index (χ1v) is 8.09. The summed E-state index contributed by atoms with van der Waals surface area (Å²) in [5.74, 6) is 0.505. The Hall–Kier alpha value is -3.08. The molecule has 2 N–H and O–H groups in total. The van der Waals surface area contributed by atoms with E-state index < -0.39 is 0 Å². The smallest absolute Gasteiger partial charge is 0.315 e. The van der Waals surface area contributed by atoms with Crippen LogP contribution in [0.1, 0.15) is 5.56 Å². The van der Waals surface area contributed by atoms with E-state index in [1.54, 1.807) is 12.1 Å². The molecule has 128 valence electrons. The molecule has 0 aliphatic rings. The van der Waals surface area contributed by atoms with Gasteiger partial charge in [0.1, 0.15) is 18.2 Å². The molecule has 0 heterocycles. The minimum Gasteiger partial charge on any atom is -0.491 e. The van der Waals surface area contributed by atoms with Crippen molar-refractivity contribution in [2.45, 2.75) is 6.54 Å². The zero-order valence-corrected chi connectivity index (χ0v) is 13.7. The Labute approximate surface area is 145 Å². The zero-order valence-electron chi connectivity index (χ0n) is 13.7. The Morgan fingerprint density at radius 2 is 1.68 bits per heavy atom. The van der Waals surface area contributed by atoms with Crippen molar-refractivity contribution < 1.29 is 13.9 Å². The van der Waals surface area contributed by atoms with Gasteiger partial charge in [-0.05, 0) is 29.1 Å². The third kappa shape index (κ3) is 4.70. The standard InChI is InChI=1S/C20H19FN2O2/c21-17-10-8-15(9-11-17)14-23-20(24)22-12-13-25-19-7-3-5-16-4-1-2-6-18(16)19/h1-11H,12-14H2,(H2,22,23,24). The van der Waals surface area contributed by atoms with Gasteiger partial charge in [-0.25, -0.2) is 9.18 Å². The maximum atomic E-state index is 12.8. The van der Waals surface area contributed by atoms with Crippen LogP contribution in [0.3, 0.4) is 0 Å². The van der Waals surface area contributed by atoms with Gasteiger partial charge in [0.15, 0.2) is 0 Å². The number of amides is 2. The van der Waals surface area contributed by atoms with Crippen molar-refractivity contribution in [2.24, 2.45) is 0 Å². The highest BCUT2D eigenvalue weighted by Gasteiger charge is 2.03. The summed E-state index contributed by atoms with van der Waals surface area (Å²) in [6, 6.07) is 19.6. The first-order chi connectivity index (χ1) is 12.2. The van der Waals surface area contributed by atoms with Gasteiger partial charge < -0.3 is 15.4 Å². The van der Waals surface area contributed by atoms with E-state index in [2.05, 4.69) is 10.6 Å². The van der Waals surface area contributed by atoms with E-state index in [1.807, 2.05) is 42.5 Å². The third-order valence-corrected chi connectivity index (χ3v) is 3.76. The summed E-state index contributed by atoms with van der Waals surface area (Å²) in [5.41, 5.74) is 0.837. The molecule has 0 aromatic heterocycles. The number of hydrogen-bond acceptors (Lipinski definition) is 2. The van der Waals surface area contributed by atoms with Gasteiger partial charge in [-0.3, -0.25) is 0 Å². The summed E-state index contributed by atoms with van der Waals surface area (Å²) in [7, 11) is 0. The number of ether oxygens (including phenoxy) is 1. The SMILES string of the molecule is O=C(NCCOc1cccc2ccccc12)NCc1ccc(F)cc1. The molecule has 0 spiro atoms. The molecule has 3 aromatic rings. The molecule has 0 aliphatic carbocycles. The second-order valence-electron chi connectivity index (χ2n) is 5.56. The maximum Gasteiger partial charge on any atom is 0.315 e. The van der Waals surface area contributed by atoms with Gasteiger partial charge >= 0.3 is 6.03 Å². The van der Waals surface area contributed by atoms with Crippen LogP contribution in [-0.2, 0) is 6.54 Å². The molecule has 0 saturated carbocycles. The number of hydrogen-bond donors (Lipinski definition) is 2. The topological polar surface area (TPSA) is 50.4 Å². The highest BCUT2D eigenvalue weighted by atomic mass is 19.1. The van der Waals surface area contributed by atoms with Crippen molar-refractivity contribution in [1.29, 1.82) is 0 Å².